The molecular weight excluding hydrogens is 420 g/mol. The van der Waals surface area contributed by atoms with E-state index in [4.69, 9.17) is 11.6 Å². The number of rotatable bonds is 6. The van der Waals surface area contributed by atoms with Crippen LogP contribution in [-0.2, 0) is 10.0 Å². The van der Waals surface area contributed by atoms with E-state index in [1.54, 1.807) is 30.3 Å². The molecule has 30 heavy (non-hydrogen) atoms. The molecule has 0 unspecified atom stereocenters. The number of hydrogen-bond acceptors (Lipinski definition) is 3. The predicted molar refractivity (Wildman–Crippen MR) is 121 cm³/mol. The van der Waals surface area contributed by atoms with Crippen molar-refractivity contribution >= 4 is 33.2 Å². The minimum absolute atomic E-state index is 0.177. The van der Waals surface area contributed by atoms with Gasteiger partial charge in [-0.2, -0.15) is 0 Å². The Morgan fingerprint density at radius 1 is 1.00 bits per heavy atom. The van der Waals surface area contributed by atoms with Gasteiger partial charge in [0.25, 0.3) is 15.9 Å². The largest absolute Gasteiger partial charge is 0.345 e. The second kappa shape index (κ2) is 8.90. The Kier molecular flexibility index (Phi) is 6.48. The van der Waals surface area contributed by atoms with Crippen molar-refractivity contribution in [2.24, 2.45) is 0 Å². The van der Waals surface area contributed by atoms with Crippen molar-refractivity contribution in [1.29, 1.82) is 0 Å². The number of carbonyl (C=O) groups excluding carboxylic acids is 1. The van der Waals surface area contributed by atoms with Crippen LogP contribution in [0.4, 0.5) is 5.69 Å². The average molecular weight is 443 g/mol. The highest BCUT2D eigenvalue weighted by Gasteiger charge is 2.23. The van der Waals surface area contributed by atoms with Crippen LogP contribution in [0.2, 0.25) is 5.02 Å². The predicted octanol–water partition coefficient (Wildman–Crippen LogP) is 4.96. The second-order valence-electron chi connectivity index (χ2n) is 7.06. The van der Waals surface area contributed by atoms with E-state index in [0.29, 0.717) is 5.69 Å². The molecule has 0 saturated carbocycles. The van der Waals surface area contributed by atoms with Crippen molar-refractivity contribution in [2.45, 2.75) is 24.8 Å². The smallest absolute Gasteiger partial charge is 0.264 e. The van der Waals surface area contributed by atoms with Crippen LogP contribution >= 0.6 is 11.6 Å². The molecule has 0 aromatic heterocycles. The average Bonchev–Trinajstić information content (AvgIpc) is 2.73. The number of aryl methyl sites for hydroxylation is 1. The first-order chi connectivity index (χ1) is 14.2. The molecule has 0 radical (unpaired) electrons. The summed E-state index contributed by atoms with van der Waals surface area (Å²) in [7, 11) is -2.28. The summed E-state index contributed by atoms with van der Waals surface area (Å²) in [5.74, 6) is -0.327. The third-order valence-electron chi connectivity index (χ3n) is 4.89. The van der Waals surface area contributed by atoms with Crippen LogP contribution in [0.15, 0.2) is 77.7 Å². The van der Waals surface area contributed by atoms with Gasteiger partial charge in [-0.15, -0.1) is 0 Å². The molecule has 0 saturated heterocycles. The summed E-state index contributed by atoms with van der Waals surface area (Å²) in [6, 6.07) is 20.6. The Balaban J connectivity index is 1.80. The molecular formula is C23H23ClN2O3S. The van der Waals surface area contributed by atoms with Crippen molar-refractivity contribution in [3.63, 3.8) is 0 Å². The number of sulfonamides is 1. The van der Waals surface area contributed by atoms with Crippen LogP contribution in [0.1, 0.15) is 34.5 Å². The molecule has 1 N–H and O–H groups in total. The van der Waals surface area contributed by atoms with Crippen LogP contribution in [0.3, 0.4) is 0 Å². The van der Waals surface area contributed by atoms with Gasteiger partial charge in [0.05, 0.1) is 27.2 Å². The third-order valence-corrected chi connectivity index (χ3v) is 7.00. The minimum Gasteiger partial charge on any atom is -0.345 e. The van der Waals surface area contributed by atoms with Crippen molar-refractivity contribution in [3.8, 4) is 0 Å². The summed E-state index contributed by atoms with van der Waals surface area (Å²) in [4.78, 5) is 12.8. The first kappa shape index (κ1) is 21.9. The third kappa shape index (κ3) is 4.66. The van der Waals surface area contributed by atoms with Crippen LogP contribution < -0.4 is 9.62 Å². The molecule has 156 valence electrons. The van der Waals surface area contributed by atoms with E-state index in [0.717, 1.165) is 15.4 Å². The first-order valence-corrected chi connectivity index (χ1v) is 11.2. The molecule has 0 fully saturated rings. The Morgan fingerprint density at radius 3 is 2.23 bits per heavy atom. The quantitative estimate of drug-likeness (QED) is 0.586. The molecule has 0 aliphatic carbocycles. The molecule has 0 heterocycles. The Labute approximate surface area is 182 Å². The molecule has 1 amide bonds. The summed E-state index contributed by atoms with van der Waals surface area (Å²) >= 11 is 6.33. The Bertz CT molecular complexity index is 1150. The maximum Gasteiger partial charge on any atom is 0.264 e. The standard InChI is InChI=1S/C23H23ClN2O3S/c1-16-9-12-20(13-10-16)30(28,29)26(3)19-11-14-21(22(24)15-19)23(27)25-17(2)18-7-5-4-6-8-18/h4-15,17H,1-3H3,(H,25,27)/t17-/m0/s1. The highest BCUT2D eigenvalue weighted by molar-refractivity contribution is 7.92. The lowest BCUT2D eigenvalue weighted by Crippen LogP contribution is -2.28. The normalized spacial score (nSPS) is 12.3. The lowest BCUT2D eigenvalue weighted by Gasteiger charge is -2.21. The number of carbonyl (C=O) groups is 1. The van der Waals surface area contributed by atoms with Crippen LogP contribution in [0, 0.1) is 6.92 Å². The van der Waals surface area contributed by atoms with Gasteiger partial charge >= 0.3 is 0 Å². The molecule has 3 rings (SSSR count). The molecule has 1 atom stereocenters. The topological polar surface area (TPSA) is 66.5 Å². The summed E-state index contributed by atoms with van der Waals surface area (Å²) in [6.45, 7) is 3.78. The van der Waals surface area contributed by atoms with E-state index >= 15 is 0 Å². The fraction of sp³-hybridized carbons (Fsp3) is 0.174. The van der Waals surface area contributed by atoms with E-state index in [2.05, 4.69) is 5.32 Å². The summed E-state index contributed by atoms with van der Waals surface area (Å²) in [5, 5.41) is 3.09. The van der Waals surface area contributed by atoms with E-state index in [1.165, 1.54) is 19.2 Å². The van der Waals surface area contributed by atoms with Gasteiger partial charge < -0.3 is 5.32 Å². The molecule has 3 aromatic carbocycles. The summed E-state index contributed by atoms with van der Waals surface area (Å²) < 4.78 is 26.9. The minimum atomic E-state index is -3.74. The maximum absolute atomic E-state index is 12.9. The van der Waals surface area contributed by atoms with Crippen molar-refractivity contribution in [3.05, 3.63) is 94.5 Å². The number of nitrogens with zero attached hydrogens (tertiary/aromatic N) is 1. The fourth-order valence-electron chi connectivity index (χ4n) is 2.99. The van der Waals surface area contributed by atoms with Crippen molar-refractivity contribution in [2.75, 3.05) is 11.4 Å². The van der Waals surface area contributed by atoms with Gasteiger partial charge in [0.1, 0.15) is 0 Å². The molecule has 3 aromatic rings. The SMILES string of the molecule is Cc1ccc(S(=O)(=O)N(C)c2ccc(C(=O)N[C@@H](C)c3ccccc3)c(Cl)c2)cc1. The van der Waals surface area contributed by atoms with Crippen molar-refractivity contribution < 1.29 is 13.2 Å². The lowest BCUT2D eigenvalue weighted by atomic mass is 10.1. The van der Waals surface area contributed by atoms with E-state index in [1.807, 2.05) is 44.2 Å². The molecule has 0 spiro atoms. The summed E-state index contributed by atoms with van der Waals surface area (Å²) in [5.41, 5.74) is 2.60. The zero-order valence-corrected chi connectivity index (χ0v) is 18.5. The van der Waals surface area contributed by atoms with Gasteiger partial charge in [0.15, 0.2) is 0 Å². The van der Waals surface area contributed by atoms with Gasteiger partial charge in [-0.05, 0) is 49.7 Å². The highest BCUT2D eigenvalue weighted by Crippen LogP contribution is 2.27. The van der Waals surface area contributed by atoms with E-state index in [-0.39, 0.29) is 27.4 Å². The second-order valence-corrected chi connectivity index (χ2v) is 9.43. The number of nitrogens with one attached hydrogen (secondary N) is 1. The Hall–Kier alpha value is -2.83. The van der Waals surface area contributed by atoms with Crippen molar-refractivity contribution in [1.82, 2.24) is 5.32 Å². The zero-order chi connectivity index (χ0) is 21.9. The molecule has 5 nitrogen and oxygen atoms in total. The number of amides is 1. The van der Waals surface area contributed by atoms with Gasteiger partial charge in [-0.3, -0.25) is 9.10 Å². The molecule has 0 aliphatic heterocycles. The van der Waals surface area contributed by atoms with E-state index in [9.17, 15) is 13.2 Å². The Morgan fingerprint density at radius 2 is 1.63 bits per heavy atom. The van der Waals surface area contributed by atoms with Crippen LogP contribution in [0.25, 0.3) is 0 Å². The fourth-order valence-corrected chi connectivity index (χ4v) is 4.44. The number of hydrogen-bond donors (Lipinski definition) is 1. The maximum atomic E-state index is 12.9. The zero-order valence-electron chi connectivity index (χ0n) is 17.0. The van der Waals surface area contributed by atoms with E-state index < -0.39 is 10.0 Å². The lowest BCUT2D eigenvalue weighted by molar-refractivity contribution is 0.0940. The van der Waals surface area contributed by atoms with Gasteiger partial charge in [0, 0.05) is 7.05 Å². The van der Waals surface area contributed by atoms with Gasteiger partial charge in [-0.1, -0.05) is 59.6 Å². The number of anilines is 1. The first-order valence-electron chi connectivity index (χ1n) is 9.41. The summed E-state index contributed by atoms with van der Waals surface area (Å²) in [6.07, 6.45) is 0. The van der Waals surface area contributed by atoms with Gasteiger partial charge in [-0.25, -0.2) is 8.42 Å². The molecule has 7 heteroatoms. The van der Waals surface area contributed by atoms with Crippen LogP contribution in [0.5, 0.6) is 0 Å². The molecule has 0 bridgehead atoms. The molecule has 0 aliphatic rings. The van der Waals surface area contributed by atoms with Crippen LogP contribution in [-0.4, -0.2) is 21.4 Å². The van der Waals surface area contributed by atoms with Gasteiger partial charge in [0.2, 0.25) is 0 Å². The number of halogens is 1. The highest BCUT2D eigenvalue weighted by atomic mass is 35.5. The number of benzene rings is 3. The monoisotopic (exact) mass is 442 g/mol.